The van der Waals surface area contributed by atoms with Crippen LogP contribution in [0.5, 0.6) is 0 Å². The maximum atomic E-state index is 12.9. The summed E-state index contributed by atoms with van der Waals surface area (Å²) >= 11 is 0. The molecule has 480 valence electrons. The Morgan fingerprint density at radius 1 is 0.365 bits per heavy atom. The van der Waals surface area contributed by atoms with E-state index < -0.39 is 24.3 Å². The molecule has 0 aromatic carbocycles. The summed E-state index contributed by atoms with van der Waals surface area (Å²) in [6.45, 7) is 4.70. The molecule has 0 aliphatic rings. The largest absolute Gasteiger partial charge is 0.477 e. The number of rotatable bonds is 60. The molecule has 0 aromatic heterocycles. The number of allylic oxidation sites excluding steroid dienone is 26. The number of carboxylic acids is 1. The van der Waals surface area contributed by atoms with Crippen LogP contribution in [0, 0.1) is 0 Å². The average molecular weight is 1180 g/mol. The molecule has 0 radical (unpaired) electrons. The topological polar surface area (TPSA) is 108 Å². The van der Waals surface area contributed by atoms with Crippen molar-refractivity contribution >= 4 is 17.9 Å². The van der Waals surface area contributed by atoms with Gasteiger partial charge in [-0.25, -0.2) is 4.79 Å². The summed E-state index contributed by atoms with van der Waals surface area (Å²) in [7, 11) is 5.95. The van der Waals surface area contributed by atoms with E-state index in [1.807, 2.05) is 21.1 Å². The summed E-state index contributed by atoms with van der Waals surface area (Å²) in [5.74, 6) is -2.06. The molecule has 0 amide bonds. The van der Waals surface area contributed by atoms with Crippen LogP contribution in [0.1, 0.15) is 245 Å². The van der Waals surface area contributed by atoms with E-state index in [0.717, 1.165) is 135 Å². The van der Waals surface area contributed by atoms with Gasteiger partial charge in [-0.05, 0) is 128 Å². The molecule has 9 nitrogen and oxygen atoms in total. The second-order valence-corrected chi connectivity index (χ2v) is 23.0. The lowest BCUT2D eigenvalue weighted by Crippen LogP contribution is -2.40. The Hall–Kier alpha value is -5.09. The fourth-order valence-corrected chi connectivity index (χ4v) is 8.64. The fraction of sp³-hybridized carbons (Fsp3) is 0.618. The maximum Gasteiger partial charge on any atom is 0.361 e. The van der Waals surface area contributed by atoms with Crippen molar-refractivity contribution in [2.75, 3.05) is 47.5 Å². The number of nitrogens with zero attached hydrogens (tertiary/aromatic N) is 1. The SMILES string of the molecule is CC/C=C\C/C=C\C/C=C\C/C=C\C/C=C\C/C=C\C/C=C\C/C=C\C/C=C\C/C=C\CCCCCCC(=O)OC(COC(=O)CCCCCCCCCCCC/C=C\C/C=C\C/C=C\CCCCCCC)COC(OCC[N+](C)(C)C)C(=O)O. The smallest absolute Gasteiger partial charge is 0.361 e. The molecule has 2 atom stereocenters. The van der Waals surface area contributed by atoms with Gasteiger partial charge in [0.15, 0.2) is 6.10 Å². The van der Waals surface area contributed by atoms with E-state index in [0.29, 0.717) is 17.4 Å². The Labute approximate surface area is 521 Å². The van der Waals surface area contributed by atoms with E-state index in [2.05, 4.69) is 172 Å². The molecule has 0 fully saturated rings. The van der Waals surface area contributed by atoms with E-state index in [4.69, 9.17) is 18.9 Å². The molecule has 2 unspecified atom stereocenters. The molecular weight excluding hydrogens is 1050 g/mol. The maximum absolute atomic E-state index is 12.9. The number of hydrogen-bond donors (Lipinski definition) is 1. The van der Waals surface area contributed by atoms with Gasteiger partial charge in [-0.3, -0.25) is 9.59 Å². The lowest BCUT2D eigenvalue weighted by Gasteiger charge is -2.25. The highest BCUT2D eigenvalue weighted by Crippen LogP contribution is 2.15. The number of unbranched alkanes of at least 4 members (excludes halogenated alkanes) is 19. The predicted octanol–water partition coefficient (Wildman–Crippen LogP) is 20.9. The lowest BCUT2D eigenvalue weighted by molar-refractivity contribution is -0.870. The van der Waals surface area contributed by atoms with Gasteiger partial charge in [0.25, 0.3) is 6.29 Å². The number of carbonyl (C=O) groups is 3. The number of esters is 2. The normalized spacial score (nSPS) is 13.8. The van der Waals surface area contributed by atoms with E-state index in [-0.39, 0.29) is 38.6 Å². The Morgan fingerprint density at radius 2 is 0.671 bits per heavy atom. The van der Waals surface area contributed by atoms with Gasteiger partial charge < -0.3 is 28.5 Å². The fourth-order valence-electron chi connectivity index (χ4n) is 8.64. The minimum Gasteiger partial charge on any atom is -0.477 e. The molecule has 85 heavy (non-hydrogen) atoms. The average Bonchev–Trinajstić information content (AvgIpc) is 3.48. The highest BCUT2D eigenvalue weighted by atomic mass is 16.7. The Morgan fingerprint density at radius 3 is 1.00 bits per heavy atom. The quantitative estimate of drug-likeness (QED) is 0.0211. The highest BCUT2D eigenvalue weighted by Gasteiger charge is 2.25. The molecule has 0 rings (SSSR count). The van der Waals surface area contributed by atoms with Crippen LogP contribution in [0.4, 0.5) is 0 Å². The number of ether oxygens (including phenoxy) is 4. The van der Waals surface area contributed by atoms with Crippen LogP contribution in [-0.2, 0) is 33.3 Å². The third-order valence-corrected chi connectivity index (χ3v) is 13.8. The molecule has 0 aliphatic heterocycles. The molecule has 0 saturated carbocycles. The van der Waals surface area contributed by atoms with E-state index >= 15 is 0 Å². The summed E-state index contributed by atoms with van der Waals surface area (Å²) in [5, 5.41) is 9.74. The van der Waals surface area contributed by atoms with E-state index in [9.17, 15) is 19.5 Å². The van der Waals surface area contributed by atoms with Crippen LogP contribution in [0.25, 0.3) is 0 Å². The summed E-state index contributed by atoms with van der Waals surface area (Å²) in [6.07, 6.45) is 93.4. The zero-order valence-corrected chi connectivity index (χ0v) is 54.7. The number of aliphatic carboxylic acids is 1. The minimum absolute atomic E-state index is 0.173. The minimum atomic E-state index is -1.53. The van der Waals surface area contributed by atoms with Crippen LogP contribution in [0.2, 0.25) is 0 Å². The summed E-state index contributed by atoms with van der Waals surface area (Å²) in [5.41, 5.74) is 0. The third kappa shape index (κ3) is 66.3. The van der Waals surface area contributed by atoms with Crippen molar-refractivity contribution in [1.29, 1.82) is 0 Å². The number of hydrogen-bond acceptors (Lipinski definition) is 7. The van der Waals surface area contributed by atoms with Crippen molar-refractivity contribution in [2.45, 2.75) is 257 Å². The molecule has 9 heteroatoms. The standard InChI is InChI=1S/C76H123NO8/c1-6-8-10-12-14-16-18-20-22-24-26-28-30-32-33-34-35-36-37-38-39-40-41-43-45-47-49-51-53-55-57-59-61-63-65-67-74(79)85-72(71-84-76(75(80)81)82-69-68-77(3,4)5)70-83-73(78)66-64-62-60-58-56-54-52-50-48-46-44-42-31-29-27-25-23-21-19-17-15-13-11-9-7-2/h8,10,14,16,19-22,25-28,31-33,35-36,38-39,41-43,47,49,53,55,72,76H,6-7,9,11-13,15,17-18,23-24,29-30,34,37,40,44-46,48,50-52,54,56-71H2,1-5H3/p+1/b10-8-,16-14-,21-19-,22-20-,27-25-,28-26-,33-32-,36-35-,39-38-,42-31-,43-41-,49-47-,55-53-. The van der Waals surface area contributed by atoms with Crippen molar-refractivity contribution < 1.29 is 42.9 Å². The third-order valence-electron chi connectivity index (χ3n) is 13.8. The molecule has 0 aromatic rings. The van der Waals surface area contributed by atoms with E-state index in [1.165, 1.54) is 77.0 Å². The van der Waals surface area contributed by atoms with Crippen molar-refractivity contribution in [3.8, 4) is 0 Å². The van der Waals surface area contributed by atoms with Gasteiger partial charge in [0, 0.05) is 12.8 Å². The van der Waals surface area contributed by atoms with Crippen molar-refractivity contribution in [3.63, 3.8) is 0 Å². The predicted molar refractivity (Wildman–Crippen MR) is 363 cm³/mol. The van der Waals surface area contributed by atoms with Crippen LogP contribution < -0.4 is 0 Å². The van der Waals surface area contributed by atoms with Crippen molar-refractivity contribution in [1.82, 2.24) is 0 Å². The molecular formula is C76H124NO8+. The molecule has 0 heterocycles. The first-order valence-corrected chi connectivity index (χ1v) is 33.6. The number of likely N-dealkylation sites (N-methyl/N-ethyl adjacent to an activating group) is 1. The van der Waals surface area contributed by atoms with E-state index in [1.54, 1.807) is 0 Å². The summed E-state index contributed by atoms with van der Waals surface area (Å²) in [4.78, 5) is 37.6. The zero-order valence-electron chi connectivity index (χ0n) is 54.7. The van der Waals surface area contributed by atoms with Gasteiger partial charge in [-0.1, -0.05) is 262 Å². The zero-order chi connectivity index (χ0) is 61.9. The van der Waals surface area contributed by atoms with Gasteiger partial charge >= 0.3 is 17.9 Å². The van der Waals surface area contributed by atoms with Crippen LogP contribution in [0.3, 0.4) is 0 Å². The Balaban J connectivity index is 4.29. The molecule has 0 saturated heterocycles. The lowest BCUT2D eigenvalue weighted by atomic mass is 10.1. The van der Waals surface area contributed by atoms with Gasteiger partial charge in [0.05, 0.1) is 34.4 Å². The first kappa shape index (κ1) is 79.9. The molecule has 0 spiro atoms. The van der Waals surface area contributed by atoms with Gasteiger partial charge in [-0.2, -0.15) is 0 Å². The summed E-state index contributed by atoms with van der Waals surface area (Å²) in [6, 6.07) is 0. The first-order chi connectivity index (χ1) is 41.6. The number of carbonyl (C=O) groups excluding carboxylic acids is 2. The van der Waals surface area contributed by atoms with Crippen molar-refractivity contribution in [2.24, 2.45) is 0 Å². The number of quaternary nitrogens is 1. The van der Waals surface area contributed by atoms with Crippen LogP contribution >= 0.6 is 0 Å². The monoisotopic (exact) mass is 1180 g/mol. The van der Waals surface area contributed by atoms with Gasteiger partial charge in [-0.15, -0.1) is 0 Å². The molecule has 0 aliphatic carbocycles. The van der Waals surface area contributed by atoms with Crippen LogP contribution in [0.15, 0.2) is 158 Å². The van der Waals surface area contributed by atoms with Gasteiger partial charge in [0.1, 0.15) is 13.2 Å². The summed E-state index contributed by atoms with van der Waals surface area (Å²) < 4.78 is 22.9. The molecule has 0 bridgehead atoms. The Kier molecular flexibility index (Phi) is 61.0. The Bertz CT molecular complexity index is 1950. The number of carboxylic acid groups (broad SMARTS) is 1. The van der Waals surface area contributed by atoms with Gasteiger partial charge in [0.2, 0.25) is 0 Å². The second kappa shape index (κ2) is 64.9. The van der Waals surface area contributed by atoms with Crippen LogP contribution in [-0.4, -0.2) is 87.4 Å². The first-order valence-electron chi connectivity index (χ1n) is 33.6. The van der Waals surface area contributed by atoms with Crippen molar-refractivity contribution in [3.05, 3.63) is 158 Å². The highest BCUT2D eigenvalue weighted by molar-refractivity contribution is 5.71. The second-order valence-electron chi connectivity index (χ2n) is 23.0. The molecule has 1 N–H and O–H groups in total.